The minimum Gasteiger partial charge on any atom is -0.474 e. The summed E-state index contributed by atoms with van der Waals surface area (Å²) in [6.07, 6.45) is 8.57. The summed E-state index contributed by atoms with van der Waals surface area (Å²) in [4.78, 5) is 0. The van der Waals surface area contributed by atoms with Crippen molar-refractivity contribution < 1.29 is 20.5 Å². The van der Waals surface area contributed by atoms with E-state index in [2.05, 4.69) is 60.1 Å². The van der Waals surface area contributed by atoms with Crippen LogP contribution in [0.25, 0.3) is 0 Å². The second-order valence-corrected chi connectivity index (χ2v) is 10.3. The summed E-state index contributed by atoms with van der Waals surface area (Å²) in [6.45, 7) is 11.1. The zero-order valence-electron chi connectivity index (χ0n) is 17.5. The quantitative estimate of drug-likeness (QED) is 0.525. The lowest BCUT2D eigenvalue weighted by molar-refractivity contribution is -0.689. The number of hydrogen-bond donors (Lipinski definition) is 3. The number of rotatable bonds is 4. The Morgan fingerprint density at radius 2 is 1.85 bits per heavy atom. The number of quaternary nitrogens is 2. The van der Waals surface area contributed by atoms with Gasteiger partial charge in [0.15, 0.2) is 0 Å². The van der Waals surface area contributed by atoms with Gasteiger partial charge >= 0.3 is 0 Å². The molecule has 26 heavy (non-hydrogen) atoms. The molecule has 0 aromatic heterocycles. The first-order chi connectivity index (χ1) is 12.0. The molecular weight excluding hydrogens is 324 g/mol. The van der Waals surface area contributed by atoms with Crippen LogP contribution in [0, 0.1) is 25.9 Å². The smallest absolute Gasteiger partial charge is 0.110 e. The molecule has 3 rings (SSSR count). The van der Waals surface area contributed by atoms with Crippen molar-refractivity contribution in [3.8, 4) is 0 Å². The van der Waals surface area contributed by atoms with E-state index >= 15 is 0 Å². The first kappa shape index (κ1) is 20.3. The average Bonchev–Trinajstić information content (AvgIpc) is 2.98. The molecule has 0 aromatic carbocycles. The van der Waals surface area contributed by atoms with Gasteiger partial charge in [-0.25, -0.2) is 0 Å². The largest absolute Gasteiger partial charge is 0.474 e. The van der Waals surface area contributed by atoms with Crippen LogP contribution in [0.1, 0.15) is 73.1 Å². The van der Waals surface area contributed by atoms with E-state index < -0.39 is 5.60 Å². The van der Waals surface area contributed by atoms with Crippen LogP contribution < -0.4 is 10.6 Å². The Morgan fingerprint density at radius 1 is 1.15 bits per heavy atom. The third kappa shape index (κ3) is 3.07. The topological polar surface area (TPSA) is 62.7 Å². The Kier molecular flexibility index (Phi) is 5.14. The molecule has 0 bridgehead atoms. The van der Waals surface area contributed by atoms with Gasteiger partial charge in [0, 0.05) is 18.3 Å². The first-order valence-electron chi connectivity index (χ1n) is 10.4. The lowest BCUT2D eigenvalue weighted by Crippen LogP contribution is -2.95. The van der Waals surface area contributed by atoms with Crippen molar-refractivity contribution in [1.29, 1.82) is 0 Å². The second kappa shape index (κ2) is 6.58. The maximum atomic E-state index is 12.0. The van der Waals surface area contributed by atoms with Crippen molar-refractivity contribution in [3.05, 3.63) is 25.7 Å². The molecule has 4 nitrogen and oxygen atoms in total. The van der Waals surface area contributed by atoms with Gasteiger partial charge in [0.2, 0.25) is 0 Å². The number of aliphatic hydroxyl groups is 1. The van der Waals surface area contributed by atoms with Crippen LogP contribution in [-0.2, 0) is 4.74 Å². The minimum atomic E-state index is -0.800. The minimum absolute atomic E-state index is 0.00277. The third-order valence-electron chi connectivity index (χ3n) is 8.06. The maximum Gasteiger partial charge on any atom is 0.110 e. The van der Waals surface area contributed by atoms with Crippen LogP contribution in [0.15, 0.2) is 11.6 Å². The molecule has 3 aliphatic rings. The summed E-state index contributed by atoms with van der Waals surface area (Å²) in [5.41, 5.74) is 0.186. The highest BCUT2D eigenvalue weighted by Gasteiger charge is 2.62. The molecule has 1 aliphatic heterocycles. The van der Waals surface area contributed by atoms with Gasteiger partial charge in [0.25, 0.3) is 0 Å². The normalized spacial score (nSPS) is 46.8. The van der Waals surface area contributed by atoms with Gasteiger partial charge in [-0.1, -0.05) is 11.6 Å². The standard InChI is InChI=1S/C22H40N2O2/c1-15-8-9-16-20(4,24-7)12-10-17(22(16,25)14-15)21(5)13-11-18(26-21)19(2,3)23-6/h14,16-18,25H,6-13,23-24H2,1-5H3. The van der Waals surface area contributed by atoms with Crippen LogP contribution in [-0.4, -0.2) is 33.5 Å². The third-order valence-corrected chi connectivity index (χ3v) is 8.06. The molecule has 0 aromatic rings. The fraction of sp³-hybridized carbons (Fsp3) is 0.818. The lowest BCUT2D eigenvalue weighted by atomic mass is 9.53. The van der Waals surface area contributed by atoms with E-state index in [9.17, 15) is 5.11 Å². The zero-order chi connectivity index (χ0) is 19.4. The molecule has 2 fully saturated rings. The van der Waals surface area contributed by atoms with Crippen molar-refractivity contribution in [1.82, 2.24) is 0 Å². The van der Waals surface area contributed by atoms with Crippen LogP contribution >= 0.6 is 0 Å². The van der Waals surface area contributed by atoms with Crippen molar-refractivity contribution in [2.75, 3.05) is 0 Å². The predicted octanol–water partition coefficient (Wildman–Crippen LogP) is 1.67. The fourth-order valence-corrected chi connectivity index (χ4v) is 6.04. The van der Waals surface area contributed by atoms with E-state index in [-0.39, 0.29) is 34.6 Å². The number of fused-ring (bicyclic) bond motifs is 1. The Labute approximate surface area is 160 Å². The van der Waals surface area contributed by atoms with Crippen LogP contribution in [0.3, 0.4) is 0 Å². The Balaban J connectivity index is 1.94. The van der Waals surface area contributed by atoms with Gasteiger partial charge in [0.1, 0.15) is 6.10 Å². The van der Waals surface area contributed by atoms with Crippen molar-refractivity contribution in [3.63, 3.8) is 0 Å². The molecule has 6 atom stereocenters. The summed E-state index contributed by atoms with van der Waals surface area (Å²) >= 11 is 0. The highest BCUT2D eigenvalue weighted by molar-refractivity contribution is 5.25. The van der Waals surface area contributed by atoms with Crippen molar-refractivity contribution in [2.45, 2.75) is 102 Å². The van der Waals surface area contributed by atoms with E-state index in [1.54, 1.807) is 0 Å². The van der Waals surface area contributed by atoms with E-state index in [0.717, 1.165) is 38.5 Å². The molecule has 4 heteroatoms. The average molecular weight is 365 g/mol. The zero-order valence-corrected chi connectivity index (χ0v) is 17.5. The summed E-state index contributed by atoms with van der Waals surface area (Å²) in [5, 5.41) is 16.1. The summed E-state index contributed by atoms with van der Waals surface area (Å²) in [5.74, 6) is 0.357. The van der Waals surface area contributed by atoms with Gasteiger partial charge in [-0.05, 0) is 66.7 Å². The summed E-state index contributed by atoms with van der Waals surface area (Å²) in [7, 11) is 8.12. The number of ether oxygens (including phenoxy) is 1. The fourth-order valence-electron chi connectivity index (χ4n) is 6.04. The number of nitrogens with two attached hydrogens (primary N) is 2. The van der Waals surface area contributed by atoms with Crippen LogP contribution in [0.2, 0.25) is 0 Å². The van der Waals surface area contributed by atoms with E-state index in [1.165, 1.54) is 5.57 Å². The van der Waals surface area contributed by atoms with Gasteiger partial charge in [0.05, 0.1) is 22.3 Å². The van der Waals surface area contributed by atoms with Gasteiger partial charge in [-0.15, -0.1) is 0 Å². The maximum absolute atomic E-state index is 12.0. The Morgan fingerprint density at radius 3 is 2.46 bits per heavy atom. The first-order valence-corrected chi connectivity index (χ1v) is 10.4. The number of allylic oxidation sites excluding steroid dienone is 1. The van der Waals surface area contributed by atoms with Crippen molar-refractivity contribution in [2.24, 2.45) is 11.8 Å². The van der Waals surface area contributed by atoms with E-state index in [0.29, 0.717) is 0 Å². The van der Waals surface area contributed by atoms with E-state index in [4.69, 9.17) is 4.74 Å². The summed E-state index contributed by atoms with van der Waals surface area (Å²) in [6, 6.07) is 0. The Bertz CT molecular complexity index is 574. The molecule has 6 unspecified atom stereocenters. The highest BCUT2D eigenvalue weighted by Crippen LogP contribution is 2.55. The van der Waals surface area contributed by atoms with Crippen LogP contribution in [0.5, 0.6) is 0 Å². The molecular formula is C22H40N2O2. The monoisotopic (exact) mass is 364 g/mol. The van der Waals surface area contributed by atoms with Crippen LogP contribution in [0.4, 0.5) is 0 Å². The molecule has 0 amide bonds. The van der Waals surface area contributed by atoms with Gasteiger partial charge in [-0.3, -0.25) is 0 Å². The SMILES string of the molecule is [CH2-][NH2+]C(C)(C)C1CCC(C)(C2CCC(C)([NH2+][CH2-])C3CCC(C)=CC32O)O1. The molecule has 2 aliphatic carbocycles. The molecule has 0 spiro atoms. The molecule has 1 saturated heterocycles. The second-order valence-electron chi connectivity index (χ2n) is 10.3. The summed E-state index contributed by atoms with van der Waals surface area (Å²) < 4.78 is 6.71. The highest BCUT2D eigenvalue weighted by atomic mass is 16.5. The molecule has 1 saturated carbocycles. The Hall–Kier alpha value is -0.420. The van der Waals surface area contributed by atoms with Gasteiger partial charge in [-0.2, -0.15) is 14.1 Å². The molecule has 1 heterocycles. The van der Waals surface area contributed by atoms with Crippen molar-refractivity contribution >= 4 is 0 Å². The van der Waals surface area contributed by atoms with E-state index in [1.807, 2.05) is 5.32 Å². The molecule has 150 valence electrons. The van der Waals surface area contributed by atoms with Gasteiger partial charge < -0.3 is 20.5 Å². The molecule has 5 N–H and O–H groups in total. The number of hydrogen-bond acceptors (Lipinski definition) is 2. The predicted molar refractivity (Wildman–Crippen MR) is 104 cm³/mol. The lowest BCUT2D eigenvalue weighted by Gasteiger charge is -2.58. The molecule has 0 radical (unpaired) electrons.